The summed E-state index contributed by atoms with van der Waals surface area (Å²) in [5.41, 5.74) is 6.57. The van der Waals surface area contributed by atoms with Crippen molar-refractivity contribution >= 4 is 39.8 Å². The van der Waals surface area contributed by atoms with Crippen molar-refractivity contribution in [3.05, 3.63) is 170 Å². The molecule has 22 heteroatoms. The molecule has 2 saturated heterocycles. The van der Waals surface area contributed by atoms with Gasteiger partial charge in [0, 0.05) is 95.7 Å². The van der Waals surface area contributed by atoms with Gasteiger partial charge in [-0.3, -0.25) is 38.3 Å². The van der Waals surface area contributed by atoms with Crippen LogP contribution in [0.4, 0.5) is 11.4 Å². The first-order valence-corrected chi connectivity index (χ1v) is 40.2. The van der Waals surface area contributed by atoms with Crippen LogP contribution in [-0.2, 0) is 53.6 Å². The highest BCUT2D eigenvalue weighted by Gasteiger charge is 2.48. The van der Waals surface area contributed by atoms with Crippen LogP contribution in [0.15, 0.2) is 92.2 Å². The number of anilines is 2. The topological polar surface area (TPSA) is 242 Å². The fourth-order valence-corrected chi connectivity index (χ4v) is 15.0. The quantitative estimate of drug-likeness (QED) is 0.0412. The van der Waals surface area contributed by atoms with E-state index in [2.05, 4.69) is 140 Å². The smallest absolute Gasteiger partial charge is 0.330 e. The van der Waals surface area contributed by atoms with E-state index in [4.69, 9.17) is 37.3 Å². The molecule has 8 bridgehead atoms. The summed E-state index contributed by atoms with van der Waals surface area (Å²) in [6.07, 6.45) is 3.71. The molecule has 4 N–H and O–H groups in total. The van der Waals surface area contributed by atoms with Gasteiger partial charge in [-0.25, -0.2) is 9.59 Å². The lowest BCUT2D eigenvalue weighted by Gasteiger charge is -2.39. The van der Waals surface area contributed by atoms with Crippen LogP contribution >= 0.6 is 0 Å². The van der Waals surface area contributed by atoms with E-state index in [-0.39, 0.29) is 34.7 Å². The van der Waals surface area contributed by atoms with E-state index in [1.165, 1.54) is 21.5 Å². The highest BCUT2D eigenvalue weighted by atomic mass is 28.4. The van der Waals surface area contributed by atoms with Crippen molar-refractivity contribution in [3.63, 3.8) is 0 Å². The minimum atomic E-state index is -2.45. The SMILES string of the molecule is CCCOc1c2cccc1Cc1cc(NC(=O)C[C@H]3O[C@@H](n4cc(C)c(=O)[nH]c4=O)C[C@@H]3O[Si](C)(C)C(C)(C)C)cc(c1OCCC)Cc1cccc(c1OCCC)Cc1cc(NC(=O)C[C@H]3O[C@@H](n4cc(C)c(=O)[nH]c4=O)CC3O[Si](C)(C)C(C)(C)C)cc(c1OCCC)C2. The van der Waals surface area contributed by atoms with Crippen molar-refractivity contribution in [1.29, 1.82) is 0 Å². The average Bonchev–Trinajstić information content (AvgIpc) is 1.36. The van der Waals surface area contributed by atoms with Gasteiger partial charge in [0.25, 0.3) is 11.1 Å². The number of carbonyl (C=O) groups is 2. The molecule has 2 fully saturated rings. The number of nitrogens with zero attached hydrogens (tertiary/aromatic N) is 2. The molecule has 3 aliphatic rings. The van der Waals surface area contributed by atoms with Gasteiger partial charge < -0.3 is 47.9 Å². The van der Waals surface area contributed by atoms with Crippen LogP contribution in [0.2, 0.25) is 36.3 Å². The summed E-state index contributed by atoms with van der Waals surface area (Å²) in [5, 5.41) is 6.23. The van der Waals surface area contributed by atoms with Crippen LogP contribution in [0.25, 0.3) is 0 Å². The zero-order chi connectivity index (χ0) is 69.6. The second kappa shape index (κ2) is 30.6. The summed E-state index contributed by atoms with van der Waals surface area (Å²) in [6.45, 7) is 34.8. The molecule has 2 amide bonds. The van der Waals surface area contributed by atoms with Gasteiger partial charge in [0.2, 0.25) is 11.8 Å². The number of hydrogen-bond acceptors (Lipinski definition) is 14. The highest BCUT2D eigenvalue weighted by Crippen LogP contribution is 2.46. The summed E-state index contributed by atoms with van der Waals surface area (Å²) >= 11 is 0. The average molecular weight is 1360 g/mol. The molecule has 1 aliphatic carbocycles. The Labute approximate surface area is 566 Å². The van der Waals surface area contributed by atoms with Crippen molar-refractivity contribution in [1.82, 2.24) is 19.1 Å². The Morgan fingerprint density at radius 2 is 0.792 bits per heavy atom. The maximum absolute atomic E-state index is 14.9. The maximum Gasteiger partial charge on any atom is 0.330 e. The number of carbonyl (C=O) groups excluding carboxylic acids is 2. The standard InChI is InChI=1S/C74H102N6O14Si2/c1-17-27-87-65-47-23-21-24-48(65)32-52-36-56(76-62(82)40-58-60(94-96(15,16)74(10,11)12)42-64(92-58)80-44-46(6)70(84)78-72(80)86)38-54(68(52)90-30-20-4)34-50-26-22-25-49(66(50)88-28-18-2)33-53-37-55(35-51(31-47)67(53)89-29-19-3)75-61(81)39-57-59(93-95(13,14)73(7,8)9)41-63(91-57)79-43-45(5)69(83)77-71(79)85/h21-26,35-38,43-44,57-60,63-64H,17-20,27-34,39-42H2,1-16H3,(H,75,81)(H,76,82)(H,77,83,85)(H,78,84,86)/t57-,58-,59+,60?,63-,64-/m1/s1. The van der Waals surface area contributed by atoms with Crippen LogP contribution in [0, 0.1) is 13.8 Å². The zero-order valence-electron chi connectivity index (χ0n) is 59.3. The molecule has 4 aromatic carbocycles. The molecule has 0 saturated carbocycles. The number of amides is 2. The molecule has 6 atom stereocenters. The highest BCUT2D eigenvalue weighted by molar-refractivity contribution is 6.74. The van der Waals surface area contributed by atoms with E-state index >= 15 is 0 Å². The largest absolute Gasteiger partial charge is 0.493 e. The third-order valence-corrected chi connectivity index (χ3v) is 28.3. The number of para-hydroxylation sites is 2. The molecule has 4 heterocycles. The Morgan fingerprint density at radius 1 is 0.500 bits per heavy atom. The van der Waals surface area contributed by atoms with Gasteiger partial charge in [-0.15, -0.1) is 0 Å². The number of ether oxygens (including phenoxy) is 6. The number of hydrogen-bond donors (Lipinski definition) is 4. The summed E-state index contributed by atoms with van der Waals surface area (Å²) in [7, 11) is -4.89. The monoisotopic (exact) mass is 1350 g/mol. The first-order valence-electron chi connectivity index (χ1n) is 34.4. The number of aromatic nitrogens is 4. The van der Waals surface area contributed by atoms with Gasteiger partial charge in [0.1, 0.15) is 35.5 Å². The first-order chi connectivity index (χ1) is 45.4. The number of aromatic amines is 2. The van der Waals surface area contributed by atoms with Crippen molar-refractivity contribution in [2.45, 2.75) is 233 Å². The van der Waals surface area contributed by atoms with Gasteiger partial charge in [0.05, 0.1) is 63.7 Å². The minimum absolute atomic E-state index is 0.0832. The van der Waals surface area contributed by atoms with E-state index in [0.717, 1.165) is 70.2 Å². The molecule has 9 rings (SSSR count). The third kappa shape index (κ3) is 17.1. The van der Waals surface area contributed by atoms with Crippen molar-refractivity contribution in [2.75, 3.05) is 37.1 Å². The van der Waals surface area contributed by atoms with E-state index in [9.17, 15) is 28.8 Å². The number of H-pyrrole nitrogens is 2. The Balaban J connectivity index is 1.13. The van der Waals surface area contributed by atoms with E-state index in [0.29, 0.717) is 110 Å². The van der Waals surface area contributed by atoms with Crippen molar-refractivity contribution < 1.29 is 46.9 Å². The fourth-order valence-electron chi connectivity index (χ4n) is 12.2. The maximum atomic E-state index is 14.9. The lowest BCUT2D eigenvalue weighted by molar-refractivity contribution is -0.121. The van der Waals surface area contributed by atoms with Gasteiger partial charge in [-0.05, 0) is 122 Å². The van der Waals surface area contributed by atoms with Crippen LogP contribution in [-0.4, -0.2) is 98.4 Å². The number of rotatable bonds is 24. The van der Waals surface area contributed by atoms with E-state index < -0.39 is 76.0 Å². The molecule has 520 valence electrons. The molecule has 2 aliphatic heterocycles. The summed E-state index contributed by atoms with van der Waals surface area (Å²) in [6, 6.07) is 20.3. The summed E-state index contributed by atoms with van der Waals surface area (Å²) in [5.74, 6) is 2.18. The molecular formula is C74H102N6O14Si2. The second-order valence-corrected chi connectivity index (χ2v) is 38.7. The van der Waals surface area contributed by atoms with Crippen LogP contribution < -0.4 is 52.1 Å². The zero-order valence-corrected chi connectivity index (χ0v) is 61.3. The van der Waals surface area contributed by atoms with Crippen LogP contribution in [0.5, 0.6) is 23.0 Å². The molecule has 6 aromatic rings. The second-order valence-electron chi connectivity index (χ2n) is 29.2. The van der Waals surface area contributed by atoms with E-state index in [1.54, 1.807) is 13.8 Å². The third-order valence-electron chi connectivity index (χ3n) is 19.3. The Morgan fingerprint density at radius 3 is 1.07 bits per heavy atom. The normalized spacial score (nSPS) is 19.0. The van der Waals surface area contributed by atoms with E-state index in [1.807, 2.05) is 36.4 Å². The number of fused-ring (bicyclic) bond motifs is 8. The molecule has 1 unspecified atom stereocenters. The summed E-state index contributed by atoms with van der Waals surface area (Å²) < 4.78 is 57.5. The molecule has 20 nitrogen and oxygen atoms in total. The number of nitrogens with one attached hydrogen (secondary N) is 4. The molecule has 0 radical (unpaired) electrons. The molecule has 2 aromatic heterocycles. The van der Waals surface area contributed by atoms with Crippen LogP contribution in [0.1, 0.15) is 189 Å². The van der Waals surface area contributed by atoms with Crippen molar-refractivity contribution in [3.8, 4) is 23.0 Å². The lowest BCUT2D eigenvalue weighted by Crippen LogP contribution is -2.46. The number of aryl methyl sites for hydroxylation is 2. The first kappa shape index (κ1) is 72.9. The number of benzene rings is 4. The fraction of sp³-hybridized carbons (Fsp3) is 0.541. The van der Waals surface area contributed by atoms with Gasteiger partial charge in [0.15, 0.2) is 16.6 Å². The molecule has 0 spiro atoms. The summed E-state index contributed by atoms with van der Waals surface area (Å²) in [4.78, 5) is 86.1. The van der Waals surface area contributed by atoms with Gasteiger partial charge >= 0.3 is 11.4 Å². The molecular weight excluding hydrogens is 1250 g/mol. The predicted molar refractivity (Wildman–Crippen MR) is 380 cm³/mol. The van der Waals surface area contributed by atoms with Crippen molar-refractivity contribution in [2.24, 2.45) is 0 Å². The minimum Gasteiger partial charge on any atom is -0.493 e. The van der Waals surface area contributed by atoms with Crippen LogP contribution in [0.3, 0.4) is 0 Å². The Bertz CT molecular complexity index is 3680. The molecule has 96 heavy (non-hydrogen) atoms. The Kier molecular flexibility index (Phi) is 23.2. The predicted octanol–water partition coefficient (Wildman–Crippen LogP) is 13.2. The van der Waals surface area contributed by atoms with Gasteiger partial charge in [-0.1, -0.05) is 106 Å². The lowest BCUT2D eigenvalue weighted by atomic mass is 9.90. The Hall–Kier alpha value is -7.35. The van der Waals surface area contributed by atoms with Gasteiger partial charge in [-0.2, -0.15) is 0 Å².